The fourth-order valence-corrected chi connectivity index (χ4v) is 1.88. The highest BCUT2D eigenvalue weighted by molar-refractivity contribution is 6.68. The molecule has 0 aliphatic heterocycles. The van der Waals surface area contributed by atoms with Crippen molar-refractivity contribution in [1.29, 1.82) is 0 Å². The minimum atomic E-state index is -0.550. The zero-order chi connectivity index (χ0) is 11.5. The van der Waals surface area contributed by atoms with Crippen LogP contribution in [0.2, 0.25) is 5.02 Å². The zero-order valence-corrected chi connectivity index (χ0v) is 9.66. The Balaban J connectivity index is 2.46. The molecule has 0 radical (unpaired) electrons. The van der Waals surface area contributed by atoms with Gasteiger partial charge in [-0.1, -0.05) is 17.7 Å². The average Bonchev–Trinajstić information content (AvgIpc) is 2.29. The molecule has 0 aliphatic rings. The Labute approximate surface area is 103 Å². The van der Waals surface area contributed by atoms with Crippen molar-refractivity contribution in [1.82, 2.24) is 4.98 Å². The molecule has 4 heteroatoms. The number of halogens is 2. The van der Waals surface area contributed by atoms with Crippen LogP contribution in [0.25, 0.3) is 11.1 Å². The molecule has 0 N–H and O–H groups in total. The molecule has 0 saturated carbocycles. The molecule has 2 rings (SSSR count). The van der Waals surface area contributed by atoms with E-state index in [-0.39, 0.29) is 0 Å². The Morgan fingerprint density at radius 2 is 1.75 bits per heavy atom. The fraction of sp³-hybridized carbons (Fsp3) is 0. The van der Waals surface area contributed by atoms with Gasteiger partial charge >= 0.3 is 0 Å². The van der Waals surface area contributed by atoms with E-state index < -0.39 is 5.24 Å². The monoisotopic (exact) mass is 251 g/mol. The molecule has 1 aromatic heterocycles. The number of carbonyl (C=O) groups excluding carboxylic acids is 1. The van der Waals surface area contributed by atoms with E-state index in [9.17, 15) is 4.79 Å². The van der Waals surface area contributed by atoms with Crippen molar-refractivity contribution in [3.05, 3.63) is 53.3 Å². The Morgan fingerprint density at radius 1 is 1.06 bits per heavy atom. The highest BCUT2D eigenvalue weighted by Gasteiger charge is 2.08. The van der Waals surface area contributed by atoms with Crippen molar-refractivity contribution < 1.29 is 4.79 Å². The maximum Gasteiger partial charge on any atom is 0.253 e. The molecular formula is C12H7Cl2NO. The van der Waals surface area contributed by atoms with Gasteiger partial charge in [0, 0.05) is 12.4 Å². The Hall–Kier alpha value is -1.38. The topological polar surface area (TPSA) is 30.0 Å². The van der Waals surface area contributed by atoms with Crippen LogP contribution in [0.3, 0.4) is 0 Å². The largest absolute Gasteiger partial charge is 0.276 e. The molecule has 0 atom stereocenters. The van der Waals surface area contributed by atoms with Crippen LogP contribution in [0, 0.1) is 0 Å². The maximum atomic E-state index is 11.0. The number of rotatable bonds is 2. The quantitative estimate of drug-likeness (QED) is 0.761. The third-order valence-electron chi connectivity index (χ3n) is 2.19. The normalized spacial score (nSPS) is 10.1. The van der Waals surface area contributed by atoms with Crippen molar-refractivity contribution in [2.75, 3.05) is 0 Å². The molecule has 0 spiro atoms. The first kappa shape index (κ1) is 11.1. The highest BCUT2D eigenvalue weighted by atomic mass is 35.5. The minimum Gasteiger partial charge on any atom is -0.276 e. The molecule has 1 aromatic carbocycles. The highest BCUT2D eigenvalue weighted by Crippen LogP contribution is 2.26. The second-order valence-corrected chi connectivity index (χ2v) is 3.95. The molecule has 0 fully saturated rings. The summed E-state index contributed by atoms with van der Waals surface area (Å²) in [6, 6.07) is 8.87. The van der Waals surface area contributed by atoms with Crippen LogP contribution in [0.5, 0.6) is 0 Å². The molecule has 0 amide bonds. The summed E-state index contributed by atoms with van der Waals surface area (Å²) >= 11 is 11.3. The van der Waals surface area contributed by atoms with Gasteiger partial charge in [-0.05, 0) is 47.0 Å². The van der Waals surface area contributed by atoms with Crippen LogP contribution in [0.4, 0.5) is 0 Å². The Kier molecular flexibility index (Phi) is 3.22. The van der Waals surface area contributed by atoms with Gasteiger partial charge in [0.15, 0.2) is 0 Å². The number of nitrogens with zero attached hydrogens (tertiary/aromatic N) is 1. The van der Waals surface area contributed by atoms with Crippen LogP contribution >= 0.6 is 23.2 Å². The standard InChI is InChI=1S/C12H7Cl2NO/c13-11-7-9(1-2-10(11)12(14)16)8-3-5-15-6-4-8/h1-7H. The van der Waals surface area contributed by atoms with E-state index in [4.69, 9.17) is 23.2 Å². The summed E-state index contributed by atoms with van der Waals surface area (Å²) in [4.78, 5) is 14.9. The molecule has 0 bridgehead atoms. The number of benzene rings is 1. The molecule has 0 unspecified atom stereocenters. The molecule has 80 valence electrons. The number of aromatic nitrogens is 1. The van der Waals surface area contributed by atoms with Gasteiger partial charge in [0.1, 0.15) is 0 Å². The van der Waals surface area contributed by atoms with Gasteiger partial charge in [0.25, 0.3) is 5.24 Å². The lowest BCUT2D eigenvalue weighted by Crippen LogP contribution is -1.90. The van der Waals surface area contributed by atoms with Crippen LogP contribution in [-0.2, 0) is 0 Å². The fourth-order valence-electron chi connectivity index (χ4n) is 1.40. The van der Waals surface area contributed by atoms with E-state index in [1.54, 1.807) is 30.6 Å². The average molecular weight is 252 g/mol. The smallest absolute Gasteiger partial charge is 0.253 e. The first-order chi connectivity index (χ1) is 7.68. The van der Waals surface area contributed by atoms with Gasteiger partial charge < -0.3 is 0 Å². The maximum absolute atomic E-state index is 11.0. The van der Waals surface area contributed by atoms with Crippen molar-refractivity contribution in [2.24, 2.45) is 0 Å². The molecule has 2 aromatic rings. The first-order valence-electron chi connectivity index (χ1n) is 4.58. The van der Waals surface area contributed by atoms with E-state index in [0.29, 0.717) is 10.6 Å². The lowest BCUT2D eigenvalue weighted by atomic mass is 10.1. The van der Waals surface area contributed by atoms with Crippen LogP contribution in [-0.4, -0.2) is 10.2 Å². The second-order valence-electron chi connectivity index (χ2n) is 3.20. The minimum absolute atomic E-state index is 0.320. The first-order valence-corrected chi connectivity index (χ1v) is 5.34. The van der Waals surface area contributed by atoms with Crippen molar-refractivity contribution >= 4 is 28.4 Å². The third-order valence-corrected chi connectivity index (χ3v) is 2.71. The third kappa shape index (κ3) is 2.23. The van der Waals surface area contributed by atoms with Crippen molar-refractivity contribution in [2.45, 2.75) is 0 Å². The lowest BCUT2D eigenvalue weighted by molar-refractivity contribution is 0.108. The predicted molar refractivity (Wildman–Crippen MR) is 64.9 cm³/mol. The summed E-state index contributed by atoms with van der Waals surface area (Å²) in [6.45, 7) is 0. The second kappa shape index (κ2) is 4.64. The SMILES string of the molecule is O=C(Cl)c1ccc(-c2ccncc2)cc1Cl. The molecule has 16 heavy (non-hydrogen) atoms. The van der Waals surface area contributed by atoms with Gasteiger partial charge in [-0.25, -0.2) is 0 Å². The van der Waals surface area contributed by atoms with Gasteiger partial charge in [-0.2, -0.15) is 0 Å². The summed E-state index contributed by atoms with van der Waals surface area (Å²) in [5.41, 5.74) is 2.24. The molecule has 0 saturated heterocycles. The van der Waals surface area contributed by atoms with Gasteiger partial charge in [-0.15, -0.1) is 0 Å². The van der Waals surface area contributed by atoms with Gasteiger partial charge in [0.2, 0.25) is 0 Å². The van der Waals surface area contributed by atoms with Crippen LogP contribution in [0.1, 0.15) is 10.4 Å². The van der Waals surface area contributed by atoms with E-state index in [1.807, 2.05) is 12.1 Å². The molecule has 0 aliphatic carbocycles. The van der Waals surface area contributed by atoms with Crippen molar-refractivity contribution in [3.63, 3.8) is 0 Å². The molecule has 2 nitrogen and oxygen atoms in total. The number of hydrogen-bond donors (Lipinski definition) is 0. The van der Waals surface area contributed by atoms with E-state index in [1.165, 1.54) is 0 Å². The summed E-state index contributed by atoms with van der Waals surface area (Å²) in [7, 11) is 0. The van der Waals surface area contributed by atoms with E-state index >= 15 is 0 Å². The van der Waals surface area contributed by atoms with Gasteiger partial charge in [-0.3, -0.25) is 9.78 Å². The molecule has 1 heterocycles. The van der Waals surface area contributed by atoms with Crippen molar-refractivity contribution in [3.8, 4) is 11.1 Å². The van der Waals surface area contributed by atoms with E-state index in [0.717, 1.165) is 11.1 Å². The number of carbonyl (C=O) groups is 1. The molecular weight excluding hydrogens is 245 g/mol. The summed E-state index contributed by atoms with van der Waals surface area (Å²) in [6.07, 6.45) is 3.40. The Morgan fingerprint density at radius 3 is 2.31 bits per heavy atom. The summed E-state index contributed by atoms with van der Waals surface area (Å²) in [5.74, 6) is 0. The van der Waals surface area contributed by atoms with Crippen LogP contribution < -0.4 is 0 Å². The lowest BCUT2D eigenvalue weighted by Gasteiger charge is -2.03. The summed E-state index contributed by atoms with van der Waals surface area (Å²) < 4.78 is 0. The van der Waals surface area contributed by atoms with E-state index in [2.05, 4.69) is 4.98 Å². The predicted octanol–water partition coefficient (Wildman–Crippen LogP) is 3.78. The van der Waals surface area contributed by atoms with Crippen LogP contribution in [0.15, 0.2) is 42.7 Å². The number of hydrogen-bond acceptors (Lipinski definition) is 2. The summed E-state index contributed by atoms with van der Waals surface area (Å²) in [5, 5.41) is -0.194. The zero-order valence-electron chi connectivity index (χ0n) is 8.15. The number of pyridine rings is 1. The Bertz CT molecular complexity index is 526. The van der Waals surface area contributed by atoms with Gasteiger partial charge in [0.05, 0.1) is 10.6 Å².